The molecular formula is C16H26N4O. The monoisotopic (exact) mass is 290 g/mol. The van der Waals surface area contributed by atoms with Crippen LogP contribution in [0.15, 0.2) is 0 Å². The first-order chi connectivity index (χ1) is 10.2. The van der Waals surface area contributed by atoms with Gasteiger partial charge in [0.2, 0.25) is 0 Å². The lowest BCUT2D eigenvalue weighted by molar-refractivity contribution is 0.0641. The fourth-order valence-electron chi connectivity index (χ4n) is 3.29. The Kier molecular flexibility index (Phi) is 4.02. The SMILES string of the molecule is CCc1c(C(=O)N2CCN(CC)CC2)c(C2CC2)nn1C. The minimum Gasteiger partial charge on any atom is -0.336 e. The Morgan fingerprint density at radius 1 is 1.19 bits per heavy atom. The number of nitrogens with zero attached hydrogens (tertiary/aromatic N) is 4. The molecule has 0 spiro atoms. The molecule has 0 atom stereocenters. The molecule has 5 heteroatoms. The van der Waals surface area contributed by atoms with Gasteiger partial charge in [-0.3, -0.25) is 9.48 Å². The van der Waals surface area contributed by atoms with Gasteiger partial charge in [0.05, 0.1) is 17.0 Å². The summed E-state index contributed by atoms with van der Waals surface area (Å²) in [6.45, 7) is 9.02. The van der Waals surface area contributed by atoms with Crippen LogP contribution in [0.3, 0.4) is 0 Å². The van der Waals surface area contributed by atoms with Crippen LogP contribution in [0.4, 0.5) is 0 Å². The van der Waals surface area contributed by atoms with Crippen molar-refractivity contribution < 1.29 is 4.79 Å². The summed E-state index contributed by atoms with van der Waals surface area (Å²) in [4.78, 5) is 17.4. The second kappa shape index (κ2) is 5.79. The normalized spacial score (nSPS) is 20.0. The molecule has 1 aromatic heterocycles. The summed E-state index contributed by atoms with van der Waals surface area (Å²) in [5, 5.41) is 4.65. The lowest BCUT2D eigenvalue weighted by Gasteiger charge is -2.34. The molecule has 2 aliphatic rings. The molecule has 21 heavy (non-hydrogen) atoms. The van der Waals surface area contributed by atoms with Crippen molar-refractivity contribution in [2.24, 2.45) is 7.05 Å². The van der Waals surface area contributed by atoms with E-state index in [0.717, 1.165) is 56.1 Å². The summed E-state index contributed by atoms with van der Waals surface area (Å²) in [6.07, 6.45) is 3.24. The molecule has 1 amide bonds. The average molecular weight is 290 g/mol. The molecule has 5 nitrogen and oxygen atoms in total. The molecule has 2 heterocycles. The fourth-order valence-corrected chi connectivity index (χ4v) is 3.29. The molecule has 1 aliphatic heterocycles. The molecule has 0 aromatic carbocycles. The Morgan fingerprint density at radius 2 is 1.86 bits per heavy atom. The predicted molar refractivity (Wildman–Crippen MR) is 82.6 cm³/mol. The molecule has 1 aromatic rings. The Bertz CT molecular complexity index is 525. The van der Waals surface area contributed by atoms with Crippen molar-refractivity contribution in [2.75, 3.05) is 32.7 Å². The van der Waals surface area contributed by atoms with E-state index in [0.29, 0.717) is 5.92 Å². The first kappa shape index (κ1) is 14.6. The molecule has 1 saturated carbocycles. The maximum atomic E-state index is 13.0. The third kappa shape index (κ3) is 2.71. The van der Waals surface area contributed by atoms with E-state index in [4.69, 9.17) is 0 Å². The van der Waals surface area contributed by atoms with Crippen molar-refractivity contribution in [3.8, 4) is 0 Å². The molecule has 0 bridgehead atoms. The highest BCUT2D eigenvalue weighted by molar-refractivity contribution is 5.97. The maximum absolute atomic E-state index is 13.0. The lowest BCUT2D eigenvalue weighted by atomic mass is 10.1. The van der Waals surface area contributed by atoms with Crippen LogP contribution in [0.1, 0.15) is 54.4 Å². The minimum atomic E-state index is 0.206. The summed E-state index contributed by atoms with van der Waals surface area (Å²) in [5.74, 6) is 0.727. The molecule has 0 radical (unpaired) electrons. The quantitative estimate of drug-likeness (QED) is 0.846. The number of hydrogen-bond acceptors (Lipinski definition) is 3. The molecule has 1 saturated heterocycles. The number of aryl methyl sites for hydroxylation is 1. The van der Waals surface area contributed by atoms with E-state index < -0.39 is 0 Å². The summed E-state index contributed by atoms with van der Waals surface area (Å²) < 4.78 is 1.92. The molecule has 0 N–H and O–H groups in total. The zero-order chi connectivity index (χ0) is 15.0. The number of carbonyl (C=O) groups excluding carboxylic acids is 1. The van der Waals surface area contributed by atoms with Gasteiger partial charge in [-0.05, 0) is 25.8 Å². The third-order valence-electron chi connectivity index (χ3n) is 4.81. The van der Waals surface area contributed by atoms with Crippen LogP contribution in [0, 0.1) is 0 Å². The first-order valence-corrected chi connectivity index (χ1v) is 8.23. The van der Waals surface area contributed by atoms with E-state index >= 15 is 0 Å². The summed E-state index contributed by atoms with van der Waals surface area (Å²) >= 11 is 0. The van der Waals surface area contributed by atoms with Gasteiger partial charge in [0.25, 0.3) is 5.91 Å². The number of likely N-dealkylation sites (N-methyl/N-ethyl adjacent to an activating group) is 1. The van der Waals surface area contributed by atoms with Gasteiger partial charge in [-0.25, -0.2) is 0 Å². The number of rotatable bonds is 4. The molecule has 0 unspecified atom stereocenters. The van der Waals surface area contributed by atoms with Crippen LogP contribution in [-0.4, -0.2) is 58.2 Å². The van der Waals surface area contributed by atoms with E-state index in [1.165, 1.54) is 12.8 Å². The van der Waals surface area contributed by atoms with Crippen LogP contribution in [0.5, 0.6) is 0 Å². The number of carbonyl (C=O) groups is 1. The number of amides is 1. The average Bonchev–Trinajstić information content (AvgIpc) is 3.30. The van der Waals surface area contributed by atoms with Crippen molar-refractivity contribution in [1.29, 1.82) is 0 Å². The van der Waals surface area contributed by atoms with Gasteiger partial charge >= 0.3 is 0 Å². The van der Waals surface area contributed by atoms with Gasteiger partial charge in [-0.2, -0.15) is 5.10 Å². The highest BCUT2D eigenvalue weighted by Crippen LogP contribution is 2.42. The molecular weight excluding hydrogens is 264 g/mol. The summed E-state index contributed by atoms with van der Waals surface area (Å²) in [5.41, 5.74) is 3.06. The van der Waals surface area contributed by atoms with Crippen LogP contribution in [-0.2, 0) is 13.5 Å². The van der Waals surface area contributed by atoms with Crippen molar-refractivity contribution in [3.05, 3.63) is 17.0 Å². The Hall–Kier alpha value is -1.36. The minimum absolute atomic E-state index is 0.206. The number of aromatic nitrogens is 2. The van der Waals surface area contributed by atoms with Gasteiger partial charge in [0.1, 0.15) is 0 Å². The Morgan fingerprint density at radius 3 is 2.38 bits per heavy atom. The van der Waals surface area contributed by atoms with Crippen molar-refractivity contribution in [3.63, 3.8) is 0 Å². The summed E-state index contributed by atoms with van der Waals surface area (Å²) in [7, 11) is 1.97. The maximum Gasteiger partial charge on any atom is 0.257 e. The zero-order valence-corrected chi connectivity index (χ0v) is 13.4. The molecule has 3 rings (SSSR count). The Labute approximate surface area is 126 Å². The molecule has 1 aliphatic carbocycles. The van der Waals surface area contributed by atoms with Crippen LogP contribution in [0.2, 0.25) is 0 Å². The number of piperazine rings is 1. The Balaban J connectivity index is 1.84. The van der Waals surface area contributed by atoms with E-state index in [1.807, 2.05) is 16.6 Å². The highest BCUT2D eigenvalue weighted by atomic mass is 16.2. The van der Waals surface area contributed by atoms with Crippen LogP contribution in [0.25, 0.3) is 0 Å². The van der Waals surface area contributed by atoms with Gasteiger partial charge < -0.3 is 9.80 Å². The third-order valence-corrected chi connectivity index (χ3v) is 4.81. The van der Waals surface area contributed by atoms with Gasteiger partial charge in [-0.15, -0.1) is 0 Å². The van der Waals surface area contributed by atoms with Crippen LogP contribution >= 0.6 is 0 Å². The van der Waals surface area contributed by atoms with Crippen molar-refractivity contribution >= 4 is 5.91 Å². The second-order valence-electron chi connectivity index (χ2n) is 6.18. The van der Waals surface area contributed by atoms with Gasteiger partial charge in [0.15, 0.2) is 0 Å². The summed E-state index contributed by atoms with van der Waals surface area (Å²) in [6, 6.07) is 0. The lowest BCUT2D eigenvalue weighted by Crippen LogP contribution is -2.48. The molecule has 116 valence electrons. The van der Waals surface area contributed by atoms with Gasteiger partial charge in [0, 0.05) is 39.1 Å². The largest absolute Gasteiger partial charge is 0.336 e. The van der Waals surface area contributed by atoms with E-state index in [-0.39, 0.29) is 5.91 Å². The van der Waals surface area contributed by atoms with Crippen molar-refractivity contribution in [1.82, 2.24) is 19.6 Å². The standard InChI is InChI=1S/C16H26N4O/c1-4-13-14(15(12-6-7-12)17-18(13)3)16(21)20-10-8-19(5-2)9-11-20/h12H,4-11H2,1-3H3. The highest BCUT2D eigenvalue weighted by Gasteiger charge is 2.35. The molecule has 2 fully saturated rings. The second-order valence-corrected chi connectivity index (χ2v) is 6.18. The topological polar surface area (TPSA) is 41.4 Å². The fraction of sp³-hybridized carbons (Fsp3) is 0.750. The van der Waals surface area contributed by atoms with Crippen molar-refractivity contribution in [2.45, 2.75) is 39.0 Å². The predicted octanol–water partition coefficient (Wildman–Crippen LogP) is 1.64. The first-order valence-electron chi connectivity index (χ1n) is 8.23. The van der Waals surface area contributed by atoms with Gasteiger partial charge in [-0.1, -0.05) is 13.8 Å². The van der Waals surface area contributed by atoms with E-state index in [1.54, 1.807) is 0 Å². The van der Waals surface area contributed by atoms with E-state index in [2.05, 4.69) is 23.8 Å². The smallest absolute Gasteiger partial charge is 0.257 e. The number of hydrogen-bond donors (Lipinski definition) is 0. The zero-order valence-electron chi connectivity index (χ0n) is 13.4. The van der Waals surface area contributed by atoms with E-state index in [9.17, 15) is 4.79 Å². The van der Waals surface area contributed by atoms with Crippen LogP contribution < -0.4 is 0 Å².